The monoisotopic (exact) mass is 1150 g/mol. The minimum Gasteiger partial charge on any atom is -0.287 e. The van der Waals surface area contributed by atoms with Crippen molar-refractivity contribution in [3.63, 3.8) is 0 Å². The molecule has 0 bridgehead atoms. The van der Waals surface area contributed by atoms with Gasteiger partial charge in [-0.15, -0.1) is 0 Å². The first-order valence-corrected chi connectivity index (χ1v) is 21.4. The van der Waals surface area contributed by atoms with E-state index in [4.69, 9.17) is 11.6 Å². The van der Waals surface area contributed by atoms with Crippen LogP contribution in [0.1, 0.15) is 54.9 Å². The van der Waals surface area contributed by atoms with Gasteiger partial charge in [-0.1, -0.05) is 97.1 Å². The number of rotatable bonds is 7. The van der Waals surface area contributed by atoms with E-state index in [0.717, 1.165) is 10.8 Å². The lowest BCUT2D eigenvalue weighted by Crippen LogP contribution is -2.75. The van der Waals surface area contributed by atoms with Gasteiger partial charge in [0.2, 0.25) is 12.3 Å². The number of nitrogens with zero attached hydrogens (tertiary/aromatic N) is 1. The fourth-order valence-electron chi connectivity index (χ4n) is 8.26. The summed E-state index contributed by atoms with van der Waals surface area (Å²) in [5.41, 5.74) is -29.5. The summed E-state index contributed by atoms with van der Waals surface area (Å²) in [6, 6.07) is 10.3. The molecule has 0 aliphatic rings. The molecule has 1 heterocycles. The molecule has 2 nitrogen and oxygen atoms in total. The van der Waals surface area contributed by atoms with E-state index in [1.165, 1.54) is 0 Å². The lowest BCUT2D eigenvalue weighted by Gasteiger charge is -2.46. The number of fused-ring (bicyclic) bond motifs is 1. The van der Waals surface area contributed by atoms with Crippen LogP contribution < -0.4 is 26.4 Å². The van der Waals surface area contributed by atoms with Gasteiger partial charge < -0.3 is 0 Å². The van der Waals surface area contributed by atoms with Crippen LogP contribution in [0.25, 0.3) is 10.8 Å². The van der Waals surface area contributed by atoms with Crippen LogP contribution in [0.3, 0.4) is 0 Å². The topological polar surface area (TPSA) is 20.9 Å². The number of carbonyl (C=O) groups is 1. The van der Waals surface area contributed by atoms with Crippen LogP contribution in [0.15, 0.2) is 140 Å². The van der Waals surface area contributed by atoms with E-state index in [2.05, 4.69) is 0 Å². The molecule has 0 atom stereocenters. The Balaban J connectivity index is 0.000000397. The Labute approximate surface area is 421 Å². The highest BCUT2D eigenvalue weighted by Crippen LogP contribution is 2.41. The second-order valence-electron chi connectivity index (χ2n) is 16.9. The second-order valence-corrected chi connectivity index (χ2v) is 17.3. The molecule has 0 unspecified atom stereocenters. The van der Waals surface area contributed by atoms with Crippen LogP contribution in [-0.2, 0) is 56.0 Å². The first-order valence-electron chi connectivity index (χ1n) is 21.0. The van der Waals surface area contributed by atoms with E-state index in [-0.39, 0.29) is 12.3 Å². The predicted molar refractivity (Wildman–Crippen MR) is 230 cm³/mol. The van der Waals surface area contributed by atoms with Crippen molar-refractivity contribution in [2.24, 2.45) is 0 Å². The van der Waals surface area contributed by atoms with E-state index in [9.17, 15) is 110 Å². The molecule has 0 N–H and O–H groups in total. The molecule has 0 aliphatic heterocycles. The molecular formula is C49H25BClF24NO. The smallest absolute Gasteiger partial charge is 0.287 e. The van der Waals surface area contributed by atoms with Crippen LogP contribution in [0.5, 0.6) is 0 Å². The van der Waals surface area contributed by atoms with Crippen molar-refractivity contribution in [2.75, 3.05) is 0 Å². The van der Waals surface area contributed by atoms with Crippen LogP contribution in [0.4, 0.5) is 105 Å². The zero-order valence-electron chi connectivity index (χ0n) is 37.4. The summed E-state index contributed by atoms with van der Waals surface area (Å²) in [7, 11) is 0. The Morgan fingerprint density at radius 3 is 0.857 bits per heavy atom. The molecule has 0 saturated heterocycles. The number of benzene rings is 6. The third-order valence-electron chi connectivity index (χ3n) is 11.7. The van der Waals surface area contributed by atoms with Gasteiger partial charge in [-0.3, -0.25) is 4.79 Å². The number of hydrogen-bond acceptors (Lipinski definition) is 1. The molecule has 7 rings (SSSR count). The highest BCUT2D eigenvalue weighted by molar-refractivity contribution is 7.20. The van der Waals surface area contributed by atoms with Gasteiger partial charge in [0.1, 0.15) is 6.15 Å². The Morgan fingerprint density at radius 2 is 0.597 bits per heavy atom. The molecule has 7 aromatic rings. The van der Waals surface area contributed by atoms with Crippen molar-refractivity contribution >= 4 is 56.2 Å². The molecule has 77 heavy (non-hydrogen) atoms. The predicted octanol–water partition coefficient (Wildman–Crippen LogP) is 14.9. The third-order valence-corrected chi connectivity index (χ3v) is 12.0. The Bertz CT molecular complexity index is 2870. The average Bonchev–Trinajstić information content (AvgIpc) is 3.30. The Morgan fingerprint density at radius 1 is 0.351 bits per heavy atom. The van der Waals surface area contributed by atoms with Gasteiger partial charge >= 0.3 is 49.4 Å². The van der Waals surface area contributed by atoms with E-state index in [1.54, 1.807) is 4.57 Å². The molecule has 0 spiro atoms. The van der Waals surface area contributed by atoms with E-state index in [1.807, 2.05) is 66.9 Å². The van der Waals surface area contributed by atoms with E-state index >= 15 is 0 Å². The van der Waals surface area contributed by atoms with Gasteiger partial charge in [0.05, 0.1) is 44.5 Å². The van der Waals surface area contributed by atoms with Crippen molar-refractivity contribution in [1.29, 1.82) is 0 Å². The first-order chi connectivity index (χ1) is 35.0. The van der Waals surface area contributed by atoms with Gasteiger partial charge in [-0.25, -0.2) is 0 Å². The average molecular weight is 1150 g/mol. The molecule has 6 aromatic carbocycles. The normalized spacial score (nSPS) is 13.4. The third kappa shape index (κ3) is 13.4. The lowest BCUT2D eigenvalue weighted by molar-refractivity contribution is -0.679. The van der Waals surface area contributed by atoms with E-state index in [0.29, 0.717) is 10.7 Å². The fourth-order valence-corrected chi connectivity index (χ4v) is 8.49. The standard InChI is InChI=1S/C32H12BF24.C17H13ClNO/c34-25(35,36)13-1-14(26(37,38)39)6-21(5-13)33(22-7-15(27(40,41)42)2-16(8-22)28(43,44)45,23-9-17(29(46,47)48)3-18(10-23)30(49,50)51)24-11-19(31(52,53)54)4-20(12-24)32(55,56)57;18-17-10-14-8-4-5-9-15(14)11-19(17)12-16(20)13-6-2-1-3-7-13/h1-12H;1-11H,12H2/q-1;+1. The quantitative estimate of drug-likeness (QED) is 0.0512. The van der Waals surface area contributed by atoms with E-state index < -0.39 is 195 Å². The number of pyridine rings is 1. The van der Waals surface area contributed by atoms with Gasteiger partial charge in [-0.05, 0) is 47.3 Å². The number of Topliss-reactive ketones (excluding diaryl/α,β-unsaturated/α-hetero) is 1. The summed E-state index contributed by atoms with van der Waals surface area (Å²) in [5, 5.41) is 2.70. The van der Waals surface area contributed by atoms with Crippen molar-refractivity contribution in [3.05, 3.63) is 195 Å². The molecule has 28 heteroatoms. The Hall–Kier alpha value is -6.93. The molecule has 0 fully saturated rings. The highest BCUT2D eigenvalue weighted by atomic mass is 35.5. The maximum absolute atomic E-state index is 14.2. The van der Waals surface area contributed by atoms with Gasteiger partial charge in [0, 0.05) is 17.0 Å². The molecule has 0 amide bonds. The summed E-state index contributed by atoms with van der Waals surface area (Å²) < 4.78 is 343. The van der Waals surface area contributed by atoms with Crippen molar-refractivity contribution in [1.82, 2.24) is 0 Å². The Kier molecular flexibility index (Phi) is 15.8. The number of alkyl halides is 24. The maximum Gasteiger partial charge on any atom is 0.416 e. The summed E-state index contributed by atoms with van der Waals surface area (Å²) in [6.45, 7) is 0.244. The summed E-state index contributed by atoms with van der Waals surface area (Å²) in [6.07, 6.45) is -52.9. The largest absolute Gasteiger partial charge is 0.416 e. The van der Waals surface area contributed by atoms with Crippen molar-refractivity contribution < 1.29 is 115 Å². The SMILES string of the molecule is FC(F)(F)c1cc([B-](c2cc(C(F)(F)F)cc(C(F)(F)F)c2)(c2cc(C(F)(F)F)cc(C(F)(F)F)c2)c2cc(C(F)(F)F)cc(C(F)(F)F)c2)cc(C(F)(F)F)c1.O=C(C[n+]1cc2ccccc2cc1Cl)c1ccccc1. The van der Waals surface area contributed by atoms with Crippen molar-refractivity contribution in [3.8, 4) is 0 Å². The summed E-state index contributed by atoms with van der Waals surface area (Å²) in [4.78, 5) is 12.2. The minimum atomic E-state index is -6.13. The fraction of sp³-hybridized carbons (Fsp3) is 0.184. The number of aromatic nitrogens is 1. The zero-order valence-corrected chi connectivity index (χ0v) is 38.1. The van der Waals surface area contributed by atoms with Crippen LogP contribution in [0, 0.1) is 0 Å². The lowest BCUT2D eigenvalue weighted by atomic mass is 9.12. The molecular weight excluding hydrogens is 1120 g/mol. The number of carbonyl (C=O) groups excluding carboxylic acids is 1. The van der Waals surface area contributed by atoms with Crippen LogP contribution in [0.2, 0.25) is 5.15 Å². The maximum atomic E-state index is 14.2. The zero-order chi connectivity index (χ0) is 57.9. The highest BCUT2D eigenvalue weighted by Gasteiger charge is 2.47. The molecule has 410 valence electrons. The number of halogens is 25. The molecule has 0 saturated carbocycles. The number of hydrogen-bond donors (Lipinski definition) is 0. The second kappa shape index (κ2) is 20.5. The van der Waals surface area contributed by atoms with Gasteiger partial charge in [0.15, 0.2) is 6.20 Å². The minimum absolute atomic E-state index is 0.0489. The first kappa shape index (κ1) is 59.3. The number of ketones is 1. The van der Waals surface area contributed by atoms with Crippen molar-refractivity contribution in [2.45, 2.75) is 56.0 Å². The molecule has 1 aromatic heterocycles. The van der Waals surface area contributed by atoms with Crippen LogP contribution >= 0.6 is 11.6 Å². The summed E-state index contributed by atoms with van der Waals surface area (Å²) >= 11 is 6.25. The summed E-state index contributed by atoms with van der Waals surface area (Å²) in [5.74, 6) is 0.0489. The molecule has 0 radical (unpaired) electrons. The van der Waals surface area contributed by atoms with Gasteiger partial charge in [-0.2, -0.15) is 132 Å². The van der Waals surface area contributed by atoms with Gasteiger partial charge in [0.25, 0.3) is 5.15 Å². The molecule has 0 aliphatic carbocycles. The van der Waals surface area contributed by atoms with Crippen LogP contribution in [-0.4, -0.2) is 11.9 Å².